The second kappa shape index (κ2) is 9.39. The van der Waals surface area contributed by atoms with Gasteiger partial charge in [0, 0.05) is 26.7 Å². The summed E-state index contributed by atoms with van der Waals surface area (Å²) < 4.78 is 29.4. The van der Waals surface area contributed by atoms with Crippen molar-refractivity contribution in [3.63, 3.8) is 0 Å². The van der Waals surface area contributed by atoms with E-state index in [9.17, 15) is 8.78 Å². The standard InChI is InChI=1S/C17H25F2N3O.HI/c1-17(2)7-8-22(12-17)16(20-3)21-10-13-5-4-6-14(9-13)23-11-15(18)19;/h4-6,9,15H,7-8,10-12H2,1-3H3,(H,20,21);1H. The van der Waals surface area contributed by atoms with Gasteiger partial charge in [0.2, 0.25) is 0 Å². The highest BCUT2D eigenvalue weighted by Gasteiger charge is 2.30. The molecule has 0 aliphatic carbocycles. The molecule has 136 valence electrons. The summed E-state index contributed by atoms with van der Waals surface area (Å²) in [4.78, 5) is 6.58. The molecule has 0 unspecified atom stereocenters. The maximum atomic E-state index is 12.2. The van der Waals surface area contributed by atoms with Gasteiger partial charge in [-0.05, 0) is 29.5 Å². The summed E-state index contributed by atoms with van der Waals surface area (Å²) in [5.74, 6) is 1.33. The number of guanidine groups is 1. The van der Waals surface area contributed by atoms with Gasteiger partial charge >= 0.3 is 0 Å². The summed E-state index contributed by atoms with van der Waals surface area (Å²) in [7, 11) is 1.77. The lowest BCUT2D eigenvalue weighted by molar-refractivity contribution is 0.0818. The molecule has 2 rings (SSSR count). The molecule has 0 bridgehead atoms. The largest absolute Gasteiger partial charge is 0.488 e. The Bertz CT molecular complexity index is 552. The van der Waals surface area contributed by atoms with E-state index in [-0.39, 0.29) is 24.0 Å². The Morgan fingerprint density at radius 2 is 2.17 bits per heavy atom. The second-order valence-corrected chi connectivity index (χ2v) is 6.59. The first kappa shape index (κ1) is 20.9. The Hall–Kier alpha value is -1.12. The Kier molecular flexibility index (Phi) is 8.18. The van der Waals surface area contributed by atoms with Crippen LogP contribution < -0.4 is 10.1 Å². The SMILES string of the molecule is CN=C(NCc1cccc(OCC(F)F)c1)N1CCC(C)(C)C1.I. The third-order valence-electron chi connectivity index (χ3n) is 3.91. The van der Waals surface area contributed by atoms with Crippen molar-refractivity contribution in [1.29, 1.82) is 0 Å². The van der Waals surface area contributed by atoms with Crippen molar-refractivity contribution in [3.8, 4) is 5.75 Å². The zero-order valence-electron chi connectivity index (χ0n) is 14.4. The van der Waals surface area contributed by atoms with Gasteiger partial charge in [-0.15, -0.1) is 24.0 Å². The smallest absolute Gasteiger partial charge is 0.272 e. The lowest BCUT2D eigenvalue weighted by Crippen LogP contribution is -2.40. The summed E-state index contributed by atoms with van der Waals surface area (Å²) >= 11 is 0. The Morgan fingerprint density at radius 1 is 1.42 bits per heavy atom. The van der Waals surface area contributed by atoms with Crippen LogP contribution in [0.2, 0.25) is 0 Å². The molecule has 0 atom stereocenters. The molecule has 1 aliphatic heterocycles. The number of benzene rings is 1. The van der Waals surface area contributed by atoms with Gasteiger partial charge in [0.25, 0.3) is 6.43 Å². The molecule has 0 radical (unpaired) electrons. The van der Waals surface area contributed by atoms with Crippen LogP contribution in [0.1, 0.15) is 25.8 Å². The van der Waals surface area contributed by atoms with Crippen molar-refractivity contribution >= 4 is 29.9 Å². The van der Waals surface area contributed by atoms with E-state index in [1.165, 1.54) is 0 Å². The molecule has 1 aromatic carbocycles. The number of hydrogen-bond acceptors (Lipinski definition) is 2. The zero-order valence-corrected chi connectivity index (χ0v) is 16.7. The van der Waals surface area contributed by atoms with Crippen molar-refractivity contribution in [2.75, 3.05) is 26.7 Å². The monoisotopic (exact) mass is 453 g/mol. The topological polar surface area (TPSA) is 36.9 Å². The van der Waals surface area contributed by atoms with Gasteiger partial charge < -0.3 is 15.0 Å². The van der Waals surface area contributed by atoms with E-state index >= 15 is 0 Å². The summed E-state index contributed by atoms with van der Waals surface area (Å²) in [6, 6.07) is 7.20. The lowest BCUT2D eigenvalue weighted by atomic mass is 9.93. The number of alkyl halides is 2. The van der Waals surface area contributed by atoms with E-state index in [2.05, 4.69) is 29.1 Å². The fraction of sp³-hybridized carbons (Fsp3) is 0.588. The number of nitrogens with zero attached hydrogens (tertiary/aromatic N) is 2. The van der Waals surface area contributed by atoms with Gasteiger partial charge in [0.05, 0.1) is 0 Å². The molecule has 0 saturated carbocycles. The van der Waals surface area contributed by atoms with Crippen molar-refractivity contribution in [3.05, 3.63) is 29.8 Å². The van der Waals surface area contributed by atoms with E-state index in [4.69, 9.17) is 4.74 Å². The van der Waals surface area contributed by atoms with Gasteiger partial charge in [-0.25, -0.2) is 8.78 Å². The van der Waals surface area contributed by atoms with Crippen LogP contribution in [-0.4, -0.2) is 44.0 Å². The van der Waals surface area contributed by atoms with Crippen molar-refractivity contribution in [1.82, 2.24) is 10.2 Å². The minimum Gasteiger partial charge on any atom is -0.488 e. The third kappa shape index (κ3) is 6.41. The highest BCUT2D eigenvalue weighted by atomic mass is 127. The quantitative estimate of drug-likeness (QED) is 0.419. The number of rotatable bonds is 5. The number of hydrogen-bond donors (Lipinski definition) is 1. The van der Waals surface area contributed by atoms with E-state index in [0.29, 0.717) is 17.7 Å². The molecule has 0 spiro atoms. The predicted octanol–water partition coefficient (Wildman–Crippen LogP) is 3.76. The van der Waals surface area contributed by atoms with Gasteiger partial charge in [0.1, 0.15) is 12.4 Å². The first-order valence-corrected chi connectivity index (χ1v) is 7.85. The van der Waals surface area contributed by atoms with Crippen LogP contribution in [0.4, 0.5) is 8.78 Å². The maximum Gasteiger partial charge on any atom is 0.272 e. The molecule has 1 aromatic rings. The number of nitrogens with one attached hydrogen (secondary N) is 1. The molecular formula is C17H26F2IN3O. The summed E-state index contributed by atoms with van der Waals surface area (Å²) in [6.07, 6.45) is -1.32. The maximum absolute atomic E-state index is 12.2. The zero-order chi connectivity index (χ0) is 16.9. The minimum atomic E-state index is -2.46. The number of ether oxygens (including phenoxy) is 1. The van der Waals surface area contributed by atoms with Crippen LogP contribution in [0.15, 0.2) is 29.3 Å². The second-order valence-electron chi connectivity index (χ2n) is 6.59. The van der Waals surface area contributed by atoms with Crippen molar-refractivity contribution in [2.24, 2.45) is 10.4 Å². The van der Waals surface area contributed by atoms with Crippen LogP contribution in [0.25, 0.3) is 0 Å². The summed E-state index contributed by atoms with van der Waals surface area (Å²) in [5, 5.41) is 3.33. The van der Waals surface area contributed by atoms with E-state index in [1.54, 1.807) is 25.2 Å². The Labute approximate surface area is 159 Å². The highest BCUT2D eigenvalue weighted by molar-refractivity contribution is 14.0. The first-order valence-electron chi connectivity index (χ1n) is 7.85. The molecule has 1 aliphatic rings. The normalized spacial score (nSPS) is 16.9. The predicted molar refractivity (Wildman–Crippen MR) is 104 cm³/mol. The number of likely N-dealkylation sites (tertiary alicyclic amines) is 1. The summed E-state index contributed by atoms with van der Waals surface area (Å²) in [5.41, 5.74) is 1.28. The molecule has 1 heterocycles. The highest BCUT2D eigenvalue weighted by Crippen LogP contribution is 2.28. The molecule has 1 N–H and O–H groups in total. The average Bonchev–Trinajstić information content (AvgIpc) is 2.86. The van der Waals surface area contributed by atoms with Crippen molar-refractivity contribution in [2.45, 2.75) is 33.2 Å². The average molecular weight is 453 g/mol. The lowest BCUT2D eigenvalue weighted by Gasteiger charge is -2.23. The van der Waals surface area contributed by atoms with Gasteiger partial charge in [0.15, 0.2) is 5.96 Å². The first-order chi connectivity index (χ1) is 10.9. The van der Waals surface area contributed by atoms with E-state index in [1.807, 2.05) is 6.07 Å². The Morgan fingerprint density at radius 3 is 2.75 bits per heavy atom. The Balaban J connectivity index is 0.00000288. The van der Waals surface area contributed by atoms with Gasteiger partial charge in [-0.2, -0.15) is 0 Å². The number of aliphatic imine (C=N–C) groups is 1. The van der Waals surface area contributed by atoms with Crippen LogP contribution in [0, 0.1) is 5.41 Å². The molecule has 4 nitrogen and oxygen atoms in total. The van der Waals surface area contributed by atoms with Crippen molar-refractivity contribution < 1.29 is 13.5 Å². The van der Waals surface area contributed by atoms with Crippen LogP contribution in [-0.2, 0) is 6.54 Å². The molecule has 1 fully saturated rings. The molecule has 0 aromatic heterocycles. The summed E-state index contributed by atoms with van der Waals surface area (Å²) in [6.45, 7) is 6.47. The molecule has 0 amide bonds. The van der Waals surface area contributed by atoms with Crippen LogP contribution in [0.5, 0.6) is 5.75 Å². The van der Waals surface area contributed by atoms with Gasteiger partial charge in [-0.3, -0.25) is 4.99 Å². The van der Waals surface area contributed by atoms with E-state index in [0.717, 1.165) is 31.0 Å². The fourth-order valence-electron chi connectivity index (χ4n) is 2.71. The molecule has 7 heteroatoms. The van der Waals surface area contributed by atoms with Crippen LogP contribution in [0.3, 0.4) is 0 Å². The van der Waals surface area contributed by atoms with Crippen LogP contribution >= 0.6 is 24.0 Å². The fourth-order valence-corrected chi connectivity index (χ4v) is 2.71. The minimum absolute atomic E-state index is 0. The number of halogens is 3. The third-order valence-corrected chi connectivity index (χ3v) is 3.91. The van der Waals surface area contributed by atoms with E-state index < -0.39 is 13.0 Å². The van der Waals surface area contributed by atoms with Gasteiger partial charge in [-0.1, -0.05) is 26.0 Å². The molecule has 24 heavy (non-hydrogen) atoms. The molecule has 1 saturated heterocycles. The molecular weight excluding hydrogens is 427 g/mol.